The molecule has 2 aromatic carbocycles. The summed E-state index contributed by atoms with van der Waals surface area (Å²) in [5, 5.41) is 20.7. The molecule has 0 saturated heterocycles. The van der Waals surface area contributed by atoms with E-state index in [1.807, 2.05) is 6.07 Å². The lowest BCUT2D eigenvalue weighted by molar-refractivity contribution is 0.112. The molecular weight excluding hydrogens is 387 g/mol. The van der Waals surface area contributed by atoms with Crippen LogP contribution in [0.2, 0.25) is 5.02 Å². The Bertz CT molecular complexity index is 964. The maximum atomic E-state index is 15.3. The SMILES string of the molecule is CC(C)(C)C(NC(=O)O)c1ccc(C=O)c(Oc2cc(Cl)cc(C#N)c2)c1F. The number of nitriles is 1. The van der Waals surface area contributed by atoms with Gasteiger partial charge in [-0.25, -0.2) is 9.18 Å². The first kappa shape index (κ1) is 21.2. The molecular formula is C20H18ClFN2O4. The zero-order valence-corrected chi connectivity index (χ0v) is 16.2. The molecule has 0 aliphatic rings. The molecule has 0 spiro atoms. The van der Waals surface area contributed by atoms with Gasteiger partial charge in [0.1, 0.15) is 5.75 Å². The standard InChI is InChI=1S/C20H18ClFN2O4/c1-20(2,3)18(24-19(26)27)15-5-4-12(10-25)17(16(15)22)28-14-7-11(9-23)6-13(21)8-14/h4-8,10,18,24H,1-3H3,(H,26,27). The first-order valence-electron chi connectivity index (χ1n) is 8.22. The van der Waals surface area contributed by atoms with Crippen LogP contribution in [0.3, 0.4) is 0 Å². The van der Waals surface area contributed by atoms with Gasteiger partial charge in [0.25, 0.3) is 0 Å². The van der Waals surface area contributed by atoms with Crippen LogP contribution >= 0.6 is 11.6 Å². The number of rotatable bonds is 5. The van der Waals surface area contributed by atoms with Gasteiger partial charge in [0, 0.05) is 10.6 Å². The van der Waals surface area contributed by atoms with Crippen LogP contribution < -0.4 is 10.1 Å². The molecule has 0 aliphatic heterocycles. The van der Waals surface area contributed by atoms with Crippen molar-refractivity contribution < 1.29 is 23.8 Å². The number of nitrogens with one attached hydrogen (secondary N) is 1. The molecule has 0 fully saturated rings. The average molecular weight is 405 g/mol. The van der Waals surface area contributed by atoms with Crippen LogP contribution in [0.25, 0.3) is 0 Å². The fraction of sp³-hybridized carbons (Fsp3) is 0.250. The number of halogens is 2. The van der Waals surface area contributed by atoms with E-state index in [9.17, 15) is 9.59 Å². The number of ether oxygens (including phenoxy) is 1. The molecule has 1 atom stereocenters. The molecule has 2 aromatic rings. The number of aldehydes is 1. The molecule has 0 bridgehead atoms. The van der Waals surface area contributed by atoms with E-state index >= 15 is 4.39 Å². The summed E-state index contributed by atoms with van der Waals surface area (Å²) < 4.78 is 20.9. The van der Waals surface area contributed by atoms with Crippen LogP contribution in [0.15, 0.2) is 30.3 Å². The highest BCUT2D eigenvalue weighted by molar-refractivity contribution is 6.30. The average Bonchev–Trinajstić information content (AvgIpc) is 2.60. The van der Waals surface area contributed by atoms with E-state index < -0.39 is 23.4 Å². The predicted molar refractivity (Wildman–Crippen MR) is 101 cm³/mol. The molecule has 8 heteroatoms. The molecule has 0 heterocycles. The highest BCUT2D eigenvalue weighted by Gasteiger charge is 2.32. The molecule has 0 saturated carbocycles. The Morgan fingerprint density at radius 3 is 2.57 bits per heavy atom. The third-order valence-corrected chi connectivity index (χ3v) is 4.17. The Hall–Kier alpha value is -3.11. The van der Waals surface area contributed by atoms with Gasteiger partial charge < -0.3 is 15.2 Å². The normalized spacial score (nSPS) is 12.0. The maximum Gasteiger partial charge on any atom is 0.405 e. The van der Waals surface area contributed by atoms with Gasteiger partial charge in [-0.05, 0) is 29.7 Å². The second-order valence-corrected chi connectivity index (χ2v) is 7.58. The van der Waals surface area contributed by atoms with Crippen molar-refractivity contribution in [2.75, 3.05) is 0 Å². The first-order chi connectivity index (χ1) is 13.1. The van der Waals surface area contributed by atoms with Gasteiger partial charge in [-0.1, -0.05) is 38.4 Å². The van der Waals surface area contributed by atoms with Crippen LogP contribution in [-0.2, 0) is 0 Å². The van der Waals surface area contributed by atoms with Gasteiger partial charge in [0.05, 0.1) is 23.2 Å². The van der Waals surface area contributed by atoms with Gasteiger partial charge in [-0.15, -0.1) is 0 Å². The molecule has 0 aromatic heterocycles. The van der Waals surface area contributed by atoms with Gasteiger partial charge in [-0.2, -0.15) is 5.26 Å². The monoisotopic (exact) mass is 404 g/mol. The van der Waals surface area contributed by atoms with Gasteiger partial charge in [0.15, 0.2) is 17.9 Å². The number of carbonyl (C=O) groups excluding carboxylic acids is 1. The van der Waals surface area contributed by atoms with E-state index in [4.69, 9.17) is 26.7 Å². The van der Waals surface area contributed by atoms with Gasteiger partial charge >= 0.3 is 6.09 Å². The highest BCUT2D eigenvalue weighted by Crippen LogP contribution is 2.39. The Morgan fingerprint density at radius 1 is 1.36 bits per heavy atom. The van der Waals surface area contributed by atoms with Crippen molar-refractivity contribution in [3.8, 4) is 17.6 Å². The lowest BCUT2D eigenvalue weighted by atomic mass is 9.82. The largest absolute Gasteiger partial charge is 0.465 e. The van der Waals surface area contributed by atoms with Crippen molar-refractivity contribution in [1.82, 2.24) is 5.32 Å². The van der Waals surface area contributed by atoms with E-state index in [0.29, 0.717) is 6.29 Å². The third kappa shape index (κ3) is 4.78. The lowest BCUT2D eigenvalue weighted by Crippen LogP contribution is -2.36. The number of hydrogen-bond acceptors (Lipinski definition) is 4. The predicted octanol–water partition coefficient (Wildman–Crippen LogP) is 5.31. The van der Waals surface area contributed by atoms with Crippen molar-refractivity contribution in [2.45, 2.75) is 26.8 Å². The van der Waals surface area contributed by atoms with Crippen LogP contribution in [0, 0.1) is 22.6 Å². The van der Waals surface area contributed by atoms with Crippen molar-refractivity contribution in [1.29, 1.82) is 5.26 Å². The summed E-state index contributed by atoms with van der Waals surface area (Å²) >= 11 is 5.94. The van der Waals surface area contributed by atoms with E-state index in [1.165, 1.54) is 30.3 Å². The van der Waals surface area contributed by atoms with Gasteiger partial charge in [-0.3, -0.25) is 4.79 Å². The van der Waals surface area contributed by atoms with Crippen molar-refractivity contribution in [3.63, 3.8) is 0 Å². The number of hydrogen-bond donors (Lipinski definition) is 2. The summed E-state index contributed by atoms with van der Waals surface area (Å²) in [6, 6.07) is 7.83. The van der Waals surface area contributed by atoms with Crippen LogP contribution in [-0.4, -0.2) is 17.5 Å². The summed E-state index contributed by atoms with van der Waals surface area (Å²) in [6.07, 6.45) is -0.885. The van der Waals surface area contributed by atoms with Crippen molar-refractivity contribution in [3.05, 3.63) is 57.9 Å². The molecule has 28 heavy (non-hydrogen) atoms. The highest BCUT2D eigenvalue weighted by atomic mass is 35.5. The minimum absolute atomic E-state index is 0.0260. The zero-order valence-electron chi connectivity index (χ0n) is 15.4. The van der Waals surface area contributed by atoms with Crippen LogP contribution in [0.4, 0.5) is 9.18 Å². The summed E-state index contributed by atoms with van der Waals surface area (Å²) in [5.41, 5.74) is -0.504. The summed E-state index contributed by atoms with van der Waals surface area (Å²) in [6.45, 7) is 5.24. The molecule has 1 amide bonds. The topological polar surface area (TPSA) is 99.4 Å². The van der Waals surface area contributed by atoms with E-state index in [0.717, 1.165) is 0 Å². The summed E-state index contributed by atoms with van der Waals surface area (Å²) in [7, 11) is 0. The summed E-state index contributed by atoms with van der Waals surface area (Å²) in [5.74, 6) is -1.18. The molecule has 146 valence electrons. The first-order valence-corrected chi connectivity index (χ1v) is 8.60. The number of benzene rings is 2. The quantitative estimate of drug-likeness (QED) is 0.658. The minimum Gasteiger partial charge on any atom is -0.465 e. The molecule has 2 N–H and O–H groups in total. The zero-order chi connectivity index (χ0) is 21.1. The molecule has 0 radical (unpaired) electrons. The fourth-order valence-electron chi connectivity index (χ4n) is 2.69. The second-order valence-electron chi connectivity index (χ2n) is 7.14. The van der Waals surface area contributed by atoms with Crippen LogP contribution in [0.5, 0.6) is 11.5 Å². The molecule has 1 unspecified atom stereocenters. The fourth-order valence-corrected chi connectivity index (χ4v) is 2.92. The van der Waals surface area contributed by atoms with Crippen molar-refractivity contribution in [2.24, 2.45) is 5.41 Å². The number of amides is 1. The second kappa shape index (κ2) is 8.28. The maximum absolute atomic E-state index is 15.3. The molecule has 2 rings (SSSR count). The third-order valence-electron chi connectivity index (χ3n) is 3.95. The summed E-state index contributed by atoms with van der Waals surface area (Å²) in [4.78, 5) is 22.6. The van der Waals surface area contributed by atoms with E-state index in [2.05, 4.69) is 5.32 Å². The number of carboxylic acid groups (broad SMARTS) is 1. The van der Waals surface area contributed by atoms with Crippen LogP contribution in [0.1, 0.15) is 48.3 Å². The molecule has 0 aliphatic carbocycles. The smallest absolute Gasteiger partial charge is 0.405 e. The minimum atomic E-state index is -1.31. The van der Waals surface area contributed by atoms with Gasteiger partial charge in [0.2, 0.25) is 0 Å². The Morgan fingerprint density at radius 2 is 2.04 bits per heavy atom. The Balaban J connectivity index is 2.60. The lowest BCUT2D eigenvalue weighted by Gasteiger charge is -2.31. The van der Waals surface area contributed by atoms with Crippen molar-refractivity contribution >= 4 is 24.0 Å². The Kier molecular flexibility index (Phi) is 6.26. The number of carbonyl (C=O) groups is 2. The molecule has 6 nitrogen and oxygen atoms in total. The van der Waals surface area contributed by atoms with E-state index in [-0.39, 0.29) is 33.2 Å². The number of nitrogens with zero attached hydrogens (tertiary/aromatic N) is 1. The Labute approximate surface area is 166 Å². The van der Waals surface area contributed by atoms with E-state index in [1.54, 1.807) is 20.8 Å².